The van der Waals surface area contributed by atoms with E-state index in [-0.39, 0.29) is 5.91 Å². The Morgan fingerprint density at radius 2 is 2.10 bits per heavy atom. The Morgan fingerprint density at radius 3 is 2.71 bits per heavy atom. The summed E-state index contributed by atoms with van der Waals surface area (Å²) in [5.74, 6) is -0.0594. The van der Waals surface area contributed by atoms with Crippen molar-refractivity contribution in [2.45, 2.75) is 36.9 Å². The standard InChI is InChI=1S/C16H25N3OS/c1-19(2)15(20)14-11-13(7-10-17-14)18-12-16(21-3)8-5-4-6-9-16/h7,10-11H,4-6,8-9,12H2,1-3H3,(H,17,18). The van der Waals surface area contributed by atoms with E-state index in [0.717, 1.165) is 12.2 Å². The first-order valence-corrected chi connectivity index (χ1v) is 8.75. The van der Waals surface area contributed by atoms with Crippen LogP contribution in [0.1, 0.15) is 42.6 Å². The van der Waals surface area contributed by atoms with Gasteiger partial charge in [0, 0.05) is 37.3 Å². The lowest BCUT2D eigenvalue weighted by Crippen LogP contribution is -2.35. The first kappa shape index (κ1) is 16.1. The van der Waals surface area contributed by atoms with Crippen LogP contribution in [0.2, 0.25) is 0 Å². The lowest BCUT2D eigenvalue weighted by molar-refractivity contribution is 0.0822. The average Bonchev–Trinajstić information content (AvgIpc) is 2.53. The fourth-order valence-electron chi connectivity index (χ4n) is 2.80. The summed E-state index contributed by atoms with van der Waals surface area (Å²) in [4.78, 5) is 17.7. The zero-order chi connectivity index (χ0) is 15.3. The monoisotopic (exact) mass is 307 g/mol. The Bertz CT molecular complexity index is 484. The number of anilines is 1. The minimum absolute atomic E-state index is 0.0594. The molecule has 1 aliphatic rings. The van der Waals surface area contributed by atoms with Crippen LogP contribution in [-0.4, -0.2) is 47.4 Å². The number of carbonyl (C=O) groups is 1. The van der Waals surface area contributed by atoms with Crippen LogP contribution in [-0.2, 0) is 0 Å². The zero-order valence-corrected chi connectivity index (χ0v) is 14.0. The Balaban J connectivity index is 2.02. The Hall–Kier alpha value is -1.23. The lowest BCUT2D eigenvalue weighted by atomic mass is 9.88. The van der Waals surface area contributed by atoms with Gasteiger partial charge in [-0.15, -0.1) is 0 Å². The van der Waals surface area contributed by atoms with Gasteiger partial charge in [0.25, 0.3) is 5.91 Å². The van der Waals surface area contributed by atoms with Crippen molar-refractivity contribution in [3.63, 3.8) is 0 Å². The number of amides is 1. The summed E-state index contributed by atoms with van der Waals surface area (Å²) < 4.78 is 0.341. The molecule has 5 heteroatoms. The molecule has 1 aromatic heterocycles. The van der Waals surface area contributed by atoms with Crippen molar-refractivity contribution < 1.29 is 4.79 Å². The van der Waals surface area contributed by atoms with E-state index >= 15 is 0 Å². The van der Waals surface area contributed by atoms with E-state index in [1.807, 2.05) is 23.9 Å². The first-order valence-electron chi connectivity index (χ1n) is 7.53. The van der Waals surface area contributed by atoms with Crippen LogP contribution in [0.25, 0.3) is 0 Å². The second kappa shape index (κ2) is 7.16. The second-order valence-corrected chi connectivity index (χ2v) is 7.20. The number of rotatable bonds is 5. The number of thioether (sulfide) groups is 1. The van der Waals surface area contributed by atoms with Crippen molar-refractivity contribution in [1.29, 1.82) is 0 Å². The molecular weight excluding hydrogens is 282 g/mol. The fourth-order valence-corrected chi connectivity index (χ4v) is 3.71. The quantitative estimate of drug-likeness (QED) is 0.907. The number of nitrogens with one attached hydrogen (secondary N) is 1. The van der Waals surface area contributed by atoms with E-state index in [9.17, 15) is 4.79 Å². The molecule has 4 nitrogen and oxygen atoms in total. The van der Waals surface area contributed by atoms with Crippen molar-refractivity contribution in [3.05, 3.63) is 24.0 Å². The van der Waals surface area contributed by atoms with Crippen molar-refractivity contribution >= 4 is 23.4 Å². The Kier molecular flexibility index (Phi) is 5.51. The number of pyridine rings is 1. The predicted octanol–water partition coefficient (Wildman–Crippen LogP) is 3.26. The molecule has 0 radical (unpaired) electrons. The maximum absolute atomic E-state index is 12.0. The molecule has 2 rings (SSSR count). The van der Waals surface area contributed by atoms with E-state index < -0.39 is 0 Å². The molecule has 1 N–H and O–H groups in total. The molecule has 0 saturated heterocycles. The summed E-state index contributed by atoms with van der Waals surface area (Å²) in [5.41, 5.74) is 1.47. The van der Waals surface area contributed by atoms with Gasteiger partial charge in [0.1, 0.15) is 5.69 Å². The van der Waals surface area contributed by atoms with E-state index in [1.54, 1.807) is 25.2 Å². The fraction of sp³-hybridized carbons (Fsp3) is 0.625. The number of aromatic nitrogens is 1. The van der Waals surface area contributed by atoms with Crippen LogP contribution in [0.4, 0.5) is 5.69 Å². The number of nitrogens with zero attached hydrogens (tertiary/aromatic N) is 2. The van der Waals surface area contributed by atoms with Crippen molar-refractivity contribution in [2.75, 3.05) is 32.2 Å². The molecular formula is C16H25N3OS. The van der Waals surface area contributed by atoms with E-state index in [1.165, 1.54) is 32.1 Å². The van der Waals surface area contributed by atoms with Gasteiger partial charge in [0.05, 0.1) is 0 Å². The molecule has 0 bridgehead atoms. The highest BCUT2D eigenvalue weighted by molar-refractivity contribution is 8.00. The van der Waals surface area contributed by atoms with Gasteiger partial charge in [-0.2, -0.15) is 11.8 Å². The predicted molar refractivity (Wildman–Crippen MR) is 90.1 cm³/mol. The van der Waals surface area contributed by atoms with Gasteiger partial charge in [-0.05, 0) is 31.2 Å². The minimum Gasteiger partial charge on any atom is -0.384 e. The molecule has 1 saturated carbocycles. The molecule has 1 aliphatic carbocycles. The molecule has 1 heterocycles. The van der Waals surface area contributed by atoms with Crippen LogP contribution >= 0.6 is 11.8 Å². The molecule has 1 amide bonds. The maximum Gasteiger partial charge on any atom is 0.272 e. The maximum atomic E-state index is 12.0. The SMILES string of the molecule is CSC1(CNc2ccnc(C(=O)N(C)C)c2)CCCCC1. The summed E-state index contributed by atoms with van der Waals surface area (Å²) in [5, 5.41) is 3.51. The summed E-state index contributed by atoms with van der Waals surface area (Å²) >= 11 is 1.97. The molecule has 21 heavy (non-hydrogen) atoms. The largest absolute Gasteiger partial charge is 0.384 e. The van der Waals surface area contributed by atoms with E-state index in [4.69, 9.17) is 0 Å². The smallest absolute Gasteiger partial charge is 0.272 e. The second-order valence-electron chi connectivity index (χ2n) is 5.93. The topological polar surface area (TPSA) is 45.2 Å². The Morgan fingerprint density at radius 1 is 1.38 bits per heavy atom. The van der Waals surface area contributed by atoms with E-state index in [2.05, 4.69) is 16.6 Å². The average molecular weight is 307 g/mol. The van der Waals surface area contributed by atoms with E-state index in [0.29, 0.717) is 10.4 Å². The summed E-state index contributed by atoms with van der Waals surface area (Å²) in [6.45, 7) is 0.952. The van der Waals surface area contributed by atoms with Gasteiger partial charge in [0.2, 0.25) is 0 Å². The number of carbonyl (C=O) groups excluding carboxylic acids is 1. The van der Waals surface area contributed by atoms with Crippen LogP contribution in [0.5, 0.6) is 0 Å². The van der Waals surface area contributed by atoms with Gasteiger partial charge < -0.3 is 10.2 Å². The van der Waals surface area contributed by atoms with Crippen molar-refractivity contribution in [3.8, 4) is 0 Å². The van der Waals surface area contributed by atoms with Gasteiger partial charge in [-0.1, -0.05) is 19.3 Å². The van der Waals surface area contributed by atoms with Crippen LogP contribution in [0.15, 0.2) is 18.3 Å². The summed E-state index contributed by atoms with van der Waals surface area (Å²) in [6.07, 6.45) is 10.5. The molecule has 1 aromatic rings. The van der Waals surface area contributed by atoms with Crippen LogP contribution < -0.4 is 5.32 Å². The highest BCUT2D eigenvalue weighted by Gasteiger charge is 2.30. The minimum atomic E-state index is -0.0594. The molecule has 0 atom stereocenters. The molecule has 0 spiro atoms. The third kappa shape index (κ3) is 4.13. The first-order chi connectivity index (χ1) is 10.1. The molecule has 0 unspecified atom stereocenters. The van der Waals surface area contributed by atoms with Crippen molar-refractivity contribution in [2.24, 2.45) is 0 Å². The highest BCUT2D eigenvalue weighted by Crippen LogP contribution is 2.38. The third-order valence-corrected chi connectivity index (χ3v) is 5.62. The van der Waals surface area contributed by atoms with Crippen LogP contribution in [0, 0.1) is 0 Å². The van der Waals surface area contributed by atoms with Gasteiger partial charge in [0.15, 0.2) is 0 Å². The highest BCUT2D eigenvalue weighted by atomic mass is 32.2. The summed E-state index contributed by atoms with van der Waals surface area (Å²) in [6, 6.07) is 3.78. The van der Waals surface area contributed by atoms with Crippen LogP contribution in [0.3, 0.4) is 0 Å². The van der Waals surface area contributed by atoms with Gasteiger partial charge in [-0.3, -0.25) is 9.78 Å². The zero-order valence-electron chi connectivity index (χ0n) is 13.2. The lowest BCUT2D eigenvalue weighted by Gasteiger charge is -2.36. The normalized spacial score (nSPS) is 17.3. The molecule has 0 aliphatic heterocycles. The molecule has 0 aromatic carbocycles. The molecule has 116 valence electrons. The number of hydrogen-bond acceptors (Lipinski definition) is 4. The number of hydrogen-bond donors (Lipinski definition) is 1. The van der Waals surface area contributed by atoms with Gasteiger partial charge in [-0.25, -0.2) is 0 Å². The third-order valence-electron chi connectivity index (χ3n) is 4.20. The molecule has 1 fully saturated rings. The summed E-state index contributed by atoms with van der Waals surface area (Å²) in [7, 11) is 3.49. The van der Waals surface area contributed by atoms with Gasteiger partial charge >= 0.3 is 0 Å². The Labute approximate surface area is 131 Å². The van der Waals surface area contributed by atoms with Crippen molar-refractivity contribution in [1.82, 2.24) is 9.88 Å².